The van der Waals surface area contributed by atoms with Gasteiger partial charge in [-0.15, -0.1) is 10.2 Å². The van der Waals surface area contributed by atoms with Crippen molar-refractivity contribution >= 4 is 17.4 Å². The number of thioether (sulfide) groups is 1. The van der Waals surface area contributed by atoms with Crippen LogP contribution in [-0.4, -0.2) is 33.7 Å². The van der Waals surface area contributed by atoms with Gasteiger partial charge in [-0.3, -0.25) is 0 Å². The van der Waals surface area contributed by atoms with E-state index in [2.05, 4.69) is 20.5 Å². The number of hydrogen-bond donors (Lipinski definition) is 2. The normalized spacial score (nSPS) is 15.1. The van der Waals surface area contributed by atoms with Crippen molar-refractivity contribution in [3.63, 3.8) is 0 Å². The Morgan fingerprint density at radius 1 is 1.19 bits per heavy atom. The van der Waals surface area contributed by atoms with Gasteiger partial charge in [0.15, 0.2) is 23.4 Å². The molecule has 0 saturated carbocycles. The van der Waals surface area contributed by atoms with Crippen LogP contribution in [0.5, 0.6) is 17.4 Å². The monoisotopic (exact) mass is 368 g/mol. The highest BCUT2D eigenvalue weighted by Crippen LogP contribution is 2.40. The van der Waals surface area contributed by atoms with Crippen LogP contribution in [0.2, 0.25) is 0 Å². The number of rotatable bonds is 3. The third kappa shape index (κ3) is 2.88. The number of benzene rings is 2. The molecule has 2 heterocycles. The summed E-state index contributed by atoms with van der Waals surface area (Å²) in [5.74, 6) is 0.842. The summed E-state index contributed by atoms with van der Waals surface area (Å²) in [6.07, 6.45) is 1.35. The zero-order valence-corrected chi connectivity index (χ0v) is 14.9. The number of fused-ring (bicyclic) bond motifs is 3. The minimum Gasteiger partial charge on any atom is -0.504 e. The van der Waals surface area contributed by atoms with Gasteiger partial charge in [0.1, 0.15) is 0 Å². The maximum Gasteiger partial charge on any atom is 0.247 e. The van der Waals surface area contributed by atoms with E-state index >= 15 is 0 Å². The Morgan fingerprint density at radius 2 is 2.04 bits per heavy atom. The molecule has 132 valence electrons. The highest BCUT2D eigenvalue weighted by Gasteiger charge is 2.26. The molecule has 1 aromatic heterocycles. The second kappa shape index (κ2) is 6.72. The maximum atomic E-state index is 9.85. The number of phenolic OH excluding ortho intramolecular Hbond substituents is 1. The molecular weight excluding hydrogens is 352 g/mol. The molecule has 8 heteroatoms. The summed E-state index contributed by atoms with van der Waals surface area (Å²) in [5, 5.41) is 22.2. The number of nitrogens with one attached hydrogen (secondary N) is 1. The van der Waals surface area contributed by atoms with Crippen molar-refractivity contribution in [2.75, 3.05) is 18.7 Å². The van der Waals surface area contributed by atoms with Crippen LogP contribution in [-0.2, 0) is 0 Å². The van der Waals surface area contributed by atoms with Crippen LogP contribution in [0.25, 0.3) is 11.3 Å². The van der Waals surface area contributed by atoms with Crippen molar-refractivity contribution < 1.29 is 14.6 Å². The molecule has 3 aromatic rings. The standard InChI is InChI=1S/C18H16N4O3S/c1-24-14-9-10(7-8-13(14)23)16-19-12-6-4-3-5-11(12)15-17(25-16)20-18(26-2)22-21-15/h3-9,16,19,23H,1-2H3/t16-/m1/s1. The number of nitrogens with zero attached hydrogens (tertiary/aromatic N) is 3. The van der Waals surface area contributed by atoms with Gasteiger partial charge < -0.3 is 19.9 Å². The van der Waals surface area contributed by atoms with Gasteiger partial charge in [0, 0.05) is 16.8 Å². The minimum absolute atomic E-state index is 0.0688. The predicted molar refractivity (Wildman–Crippen MR) is 98.7 cm³/mol. The molecule has 1 atom stereocenters. The lowest BCUT2D eigenvalue weighted by molar-refractivity contribution is 0.224. The molecule has 1 aliphatic heterocycles. The van der Waals surface area contributed by atoms with E-state index in [4.69, 9.17) is 9.47 Å². The Morgan fingerprint density at radius 3 is 2.85 bits per heavy atom. The summed E-state index contributed by atoms with van der Waals surface area (Å²) >= 11 is 1.40. The minimum atomic E-state index is -0.529. The van der Waals surface area contributed by atoms with Crippen LogP contribution in [0.15, 0.2) is 47.6 Å². The number of ether oxygens (including phenoxy) is 2. The molecule has 0 spiro atoms. The average Bonchev–Trinajstić information content (AvgIpc) is 2.84. The van der Waals surface area contributed by atoms with Gasteiger partial charge in [-0.1, -0.05) is 30.0 Å². The first-order valence-electron chi connectivity index (χ1n) is 7.88. The Balaban J connectivity index is 1.84. The van der Waals surface area contributed by atoms with E-state index < -0.39 is 6.23 Å². The Bertz CT molecular complexity index is 967. The quantitative estimate of drug-likeness (QED) is 0.679. The maximum absolute atomic E-state index is 9.85. The highest BCUT2D eigenvalue weighted by molar-refractivity contribution is 7.98. The van der Waals surface area contributed by atoms with Crippen molar-refractivity contribution in [1.29, 1.82) is 0 Å². The molecule has 26 heavy (non-hydrogen) atoms. The topological polar surface area (TPSA) is 89.4 Å². The summed E-state index contributed by atoms with van der Waals surface area (Å²) in [6.45, 7) is 0. The highest BCUT2D eigenvalue weighted by atomic mass is 32.2. The molecule has 7 nitrogen and oxygen atoms in total. The molecule has 0 bridgehead atoms. The first-order valence-corrected chi connectivity index (χ1v) is 9.10. The van der Waals surface area contributed by atoms with Crippen LogP contribution in [0.3, 0.4) is 0 Å². The van der Waals surface area contributed by atoms with E-state index in [1.54, 1.807) is 18.2 Å². The number of aromatic hydroxyl groups is 1. The predicted octanol–water partition coefficient (Wildman–Crippen LogP) is 3.48. The lowest BCUT2D eigenvalue weighted by atomic mass is 10.1. The van der Waals surface area contributed by atoms with Crippen LogP contribution >= 0.6 is 11.8 Å². The molecule has 0 fully saturated rings. The number of phenols is 1. The summed E-state index contributed by atoms with van der Waals surface area (Å²) in [7, 11) is 1.51. The fraction of sp³-hybridized carbons (Fsp3) is 0.167. The lowest BCUT2D eigenvalue weighted by Gasteiger charge is -2.20. The van der Waals surface area contributed by atoms with Gasteiger partial charge in [-0.25, -0.2) is 0 Å². The molecule has 2 aromatic carbocycles. The van der Waals surface area contributed by atoms with Crippen LogP contribution < -0.4 is 14.8 Å². The first kappa shape index (κ1) is 16.5. The Labute approximate surface area is 154 Å². The molecule has 0 saturated heterocycles. The summed E-state index contributed by atoms with van der Waals surface area (Å²) in [4.78, 5) is 4.47. The number of aromatic nitrogens is 3. The smallest absolute Gasteiger partial charge is 0.247 e. The molecule has 0 aliphatic carbocycles. The fourth-order valence-corrected chi connectivity index (χ4v) is 3.04. The summed E-state index contributed by atoms with van der Waals surface area (Å²) in [5.41, 5.74) is 3.09. The van der Waals surface area contributed by atoms with E-state index in [0.29, 0.717) is 22.5 Å². The second-order valence-electron chi connectivity index (χ2n) is 5.57. The molecule has 0 amide bonds. The molecule has 1 aliphatic rings. The van der Waals surface area contributed by atoms with Gasteiger partial charge >= 0.3 is 0 Å². The molecule has 0 unspecified atom stereocenters. The van der Waals surface area contributed by atoms with Crippen molar-refractivity contribution in [1.82, 2.24) is 15.2 Å². The fourth-order valence-electron chi connectivity index (χ4n) is 2.74. The molecule has 4 rings (SSSR count). The molecule has 0 radical (unpaired) electrons. The van der Waals surface area contributed by atoms with E-state index in [0.717, 1.165) is 16.8 Å². The number of methoxy groups -OCH3 is 1. The van der Waals surface area contributed by atoms with Crippen LogP contribution in [0.4, 0.5) is 5.69 Å². The Kier molecular flexibility index (Phi) is 4.26. The van der Waals surface area contributed by atoms with E-state index in [1.165, 1.54) is 18.9 Å². The van der Waals surface area contributed by atoms with Gasteiger partial charge in [0.25, 0.3) is 0 Å². The third-order valence-electron chi connectivity index (χ3n) is 4.02. The van der Waals surface area contributed by atoms with E-state index in [-0.39, 0.29) is 5.75 Å². The second-order valence-corrected chi connectivity index (χ2v) is 6.34. The number of anilines is 1. The summed E-state index contributed by atoms with van der Waals surface area (Å²) < 4.78 is 11.3. The number of hydrogen-bond acceptors (Lipinski definition) is 8. The average molecular weight is 368 g/mol. The molecular formula is C18H16N4O3S. The van der Waals surface area contributed by atoms with Gasteiger partial charge in [0.05, 0.1) is 7.11 Å². The van der Waals surface area contributed by atoms with Gasteiger partial charge in [-0.2, -0.15) is 4.98 Å². The lowest BCUT2D eigenvalue weighted by Crippen LogP contribution is -2.17. The van der Waals surface area contributed by atoms with Gasteiger partial charge in [0.2, 0.25) is 11.0 Å². The largest absolute Gasteiger partial charge is 0.504 e. The van der Waals surface area contributed by atoms with Crippen molar-refractivity contribution in [2.45, 2.75) is 11.4 Å². The third-order valence-corrected chi connectivity index (χ3v) is 4.56. The van der Waals surface area contributed by atoms with Crippen molar-refractivity contribution in [3.8, 4) is 28.6 Å². The van der Waals surface area contributed by atoms with Crippen molar-refractivity contribution in [2.24, 2.45) is 0 Å². The SMILES string of the molecule is COc1cc([C@@H]2Nc3ccccc3-c3nnc(SC)nc3O2)ccc1O. The molecule has 2 N–H and O–H groups in total. The van der Waals surface area contributed by atoms with Crippen LogP contribution in [0.1, 0.15) is 11.8 Å². The zero-order chi connectivity index (χ0) is 18.1. The Hall–Kier alpha value is -3.00. The van der Waals surface area contributed by atoms with E-state index in [1.807, 2.05) is 30.5 Å². The number of para-hydroxylation sites is 1. The first-order chi connectivity index (χ1) is 12.7. The zero-order valence-electron chi connectivity index (χ0n) is 14.1. The van der Waals surface area contributed by atoms with Crippen LogP contribution in [0, 0.1) is 0 Å². The summed E-state index contributed by atoms with van der Waals surface area (Å²) in [6, 6.07) is 12.8. The van der Waals surface area contributed by atoms with E-state index in [9.17, 15) is 5.11 Å². The van der Waals surface area contributed by atoms with Crippen molar-refractivity contribution in [3.05, 3.63) is 48.0 Å². The van der Waals surface area contributed by atoms with Gasteiger partial charge in [-0.05, 0) is 30.5 Å².